The van der Waals surface area contributed by atoms with Gasteiger partial charge in [-0.3, -0.25) is 4.79 Å². The number of aryl methyl sites for hydroxylation is 1. The van der Waals surface area contributed by atoms with Gasteiger partial charge < -0.3 is 19.9 Å². The Kier molecular flexibility index (Phi) is 4.33. The fourth-order valence-electron chi connectivity index (χ4n) is 1.88. The van der Waals surface area contributed by atoms with Crippen LogP contribution in [0.4, 0.5) is 5.69 Å². The number of anilines is 1. The van der Waals surface area contributed by atoms with Gasteiger partial charge in [0.25, 0.3) is 5.91 Å². The highest BCUT2D eigenvalue weighted by molar-refractivity contribution is 6.06. The summed E-state index contributed by atoms with van der Waals surface area (Å²) in [5.41, 5.74) is 1.61. The molecule has 0 saturated carbocycles. The maximum Gasteiger partial charge on any atom is 0.259 e. The summed E-state index contributed by atoms with van der Waals surface area (Å²) < 4.78 is 10.3. The van der Waals surface area contributed by atoms with Crippen LogP contribution in [0.2, 0.25) is 0 Å². The van der Waals surface area contributed by atoms with Gasteiger partial charge in [-0.15, -0.1) is 0 Å². The number of phenols is 1. The van der Waals surface area contributed by atoms with Crippen LogP contribution in [-0.4, -0.2) is 25.2 Å². The molecular formula is C16H17NO4. The van der Waals surface area contributed by atoms with Crippen LogP contribution in [0.3, 0.4) is 0 Å². The van der Waals surface area contributed by atoms with Crippen LogP contribution in [0.1, 0.15) is 15.9 Å². The predicted octanol–water partition coefficient (Wildman–Crippen LogP) is 2.97. The first-order valence-corrected chi connectivity index (χ1v) is 6.38. The van der Waals surface area contributed by atoms with E-state index in [1.165, 1.54) is 20.3 Å². The number of rotatable bonds is 4. The van der Waals surface area contributed by atoms with Crippen molar-refractivity contribution < 1.29 is 19.4 Å². The minimum Gasteiger partial charge on any atom is -0.508 e. The molecule has 2 aromatic carbocycles. The van der Waals surface area contributed by atoms with E-state index in [0.29, 0.717) is 22.7 Å². The molecule has 5 heteroatoms. The van der Waals surface area contributed by atoms with E-state index in [1.807, 2.05) is 0 Å². The lowest BCUT2D eigenvalue weighted by Gasteiger charge is -2.11. The van der Waals surface area contributed by atoms with Crippen molar-refractivity contribution in [1.29, 1.82) is 0 Å². The molecule has 21 heavy (non-hydrogen) atoms. The Bertz CT molecular complexity index is 667. The zero-order valence-corrected chi connectivity index (χ0v) is 12.1. The summed E-state index contributed by atoms with van der Waals surface area (Å²) in [5, 5.41) is 12.4. The molecule has 0 spiro atoms. The quantitative estimate of drug-likeness (QED) is 0.907. The fourth-order valence-corrected chi connectivity index (χ4v) is 1.88. The zero-order chi connectivity index (χ0) is 15.4. The second kappa shape index (κ2) is 6.17. The Morgan fingerprint density at radius 3 is 2.48 bits per heavy atom. The lowest BCUT2D eigenvalue weighted by molar-refractivity contribution is 0.102. The summed E-state index contributed by atoms with van der Waals surface area (Å²) in [6.45, 7) is 1.78. The van der Waals surface area contributed by atoms with Crippen LogP contribution in [0.25, 0.3) is 0 Å². The van der Waals surface area contributed by atoms with Gasteiger partial charge in [0.1, 0.15) is 17.2 Å². The molecule has 0 atom stereocenters. The van der Waals surface area contributed by atoms with Crippen LogP contribution in [0.15, 0.2) is 36.4 Å². The van der Waals surface area contributed by atoms with Gasteiger partial charge in [-0.1, -0.05) is 6.07 Å². The fraction of sp³-hybridized carbons (Fsp3) is 0.188. The molecule has 0 radical (unpaired) electrons. The molecule has 0 saturated heterocycles. The predicted molar refractivity (Wildman–Crippen MR) is 80.3 cm³/mol. The number of nitrogens with one attached hydrogen (secondary N) is 1. The highest BCUT2D eigenvalue weighted by Gasteiger charge is 2.14. The monoisotopic (exact) mass is 287 g/mol. The van der Waals surface area contributed by atoms with Crippen molar-refractivity contribution in [2.45, 2.75) is 6.92 Å². The number of benzene rings is 2. The smallest absolute Gasteiger partial charge is 0.259 e. The van der Waals surface area contributed by atoms with Crippen molar-refractivity contribution in [3.8, 4) is 17.2 Å². The molecule has 0 aliphatic heterocycles. The number of amides is 1. The maximum atomic E-state index is 12.3. The van der Waals surface area contributed by atoms with Crippen LogP contribution in [-0.2, 0) is 0 Å². The van der Waals surface area contributed by atoms with Gasteiger partial charge in [0.05, 0.1) is 19.8 Å². The lowest BCUT2D eigenvalue weighted by Crippen LogP contribution is -2.13. The van der Waals surface area contributed by atoms with E-state index in [9.17, 15) is 9.90 Å². The van der Waals surface area contributed by atoms with Crippen molar-refractivity contribution in [3.63, 3.8) is 0 Å². The minimum absolute atomic E-state index is 0.130. The zero-order valence-electron chi connectivity index (χ0n) is 12.1. The number of carbonyl (C=O) groups is 1. The van der Waals surface area contributed by atoms with Gasteiger partial charge in [0, 0.05) is 11.8 Å². The second-order valence-electron chi connectivity index (χ2n) is 4.52. The van der Waals surface area contributed by atoms with Crippen molar-refractivity contribution in [3.05, 3.63) is 47.5 Å². The Hall–Kier alpha value is -2.69. The molecule has 110 valence electrons. The van der Waals surface area contributed by atoms with E-state index in [1.54, 1.807) is 37.3 Å². The normalized spacial score (nSPS) is 10.0. The molecule has 1 amide bonds. The third-order valence-electron chi connectivity index (χ3n) is 3.12. The van der Waals surface area contributed by atoms with Gasteiger partial charge in [0.2, 0.25) is 0 Å². The summed E-state index contributed by atoms with van der Waals surface area (Å²) in [4.78, 5) is 12.3. The molecule has 0 bridgehead atoms. The number of hydrogen-bond acceptors (Lipinski definition) is 4. The highest BCUT2D eigenvalue weighted by Crippen LogP contribution is 2.26. The molecule has 0 aliphatic rings. The summed E-state index contributed by atoms with van der Waals surface area (Å²) in [5.74, 6) is 0.803. The van der Waals surface area contributed by atoms with E-state index in [2.05, 4.69) is 5.32 Å². The summed E-state index contributed by atoms with van der Waals surface area (Å²) in [7, 11) is 3.03. The third-order valence-corrected chi connectivity index (χ3v) is 3.12. The Morgan fingerprint density at radius 2 is 1.86 bits per heavy atom. The van der Waals surface area contributed by atoms with Gasteiger partial charge in [-0.25, -0.2) is 0 Å². The third kappa shape index (κ3) is 3.25. The molecule has 0 heterocycles. The molecule has 0 aromatic heterocycles. The van der Waals surface area contributed by atoms with Crippen LogP contribution in [0.5, 0.6) is 17.2 Å². The molecule has 0 fully saturated rings. The standard InChI is InChI=1S/C16H17NO4/c1-10-4-5-11(8-14(10)18)17-16(19)13-9-12(20-2)6-7-15(13)21-3/h4-9,18H,1-3H3,(H,17,19). The summed E-state index contributed by atoms with van der Waals surface area (Å²) in [6.07, 6.45) is 0. The highest BCUT2D eigenvalue weighted by atomic mass is 16.5. The number of hydrogen-bond donors (Lipinski definition) is 2. The molecule has 0 aliphatic carbocycles. The first-order valence-electron chi connectivity index (χ1n) is 6.38. The summed E-state index contributed by atoms with van der Waals surface area (Å²) in [6, 6.07) is 9.93. The van der Waals surface area contributed by atoms with Crippen molar-refractivity contribution in [2.75, 3.05) is 19.5 Å². The largest absolute Gasteiger partial charge is 0.508 e. The maximum absolute atomic E-state index is 12.3. The number of ether oxygens (including phenoxy) is 2. The van der Waals surface area contributed by atoms with Crippen molar-refractivity contribution in [2.24, 2.45) is 0 Å². The van der Waals surface area contributed by atoms with Gasteiger partial charge in [-0.05, 0) is 36.8 Å². The number of carbonyl (C=O) groups excluding carboxylic acids is 1. The molecular weight excluding hydrogens is 270 g/mol. The topological polar surface area (TPSA) is 67.8 Å². The van der Waals surface area contributed by atoms with Crippen molar-refractivity contribution >= 4 is 11.6 Å². The van der Waals surface area contributed by atoms with Gasteiger partial charge >= 0.3 is 0 Å². The number of phenolic OH excluding ortho intramolecular Hbond substituents is 1. The van der Waals surface area contributed by atoms with E-state index < -0.39 is 0 Å². The number of aromatic hydroxyl groups is 1. The van der Waals surface area contributed by atoms with Crippen molar-refractivity contribution in [1.82, 2.24) is 0 Å². The minimum atomic E-state index is -0.339. The number of methoxy groups -OCH3 is 2. The van der Waals surface area contributed by atoms with Gasteiger partial charge in [0.15, 0.2) is 0 Å². The molecule has 0 unspecified atom stereocenters. The average Bonchev–Trinajstić information content (AvgIpc) is 2.50. The first kappa shape index (κ1) is 14.7. The van der Waals surface area contributed by atoms with Gasteiger partial charge in [-0.2, -0.15) is 0 Å². The first-order chi connectivity index (χ1) is 10.0. The van der Waals surface area contributed by atoms with E-state index in [0.717, 1.165) is 5.56 Å². The van der Waals surface area contributed by atoms with E-state index in [-0.39, 0.29) is 11.7 Å². The Morgan fingerprint density at radius 1 is 1.10 bits per heavy atom. The molecule has 2 N–H and O–H groups in total. The second-order valence-corrected chi connectivity index (χ2v) is 4.52. The average molecular weight is 287 g/mol. The SMILES string of the molecule is COc1ccc(OC)c(C(=O)Nc2ccc(C)c(O)c2)c1. The van der Waals surface area contributed by atoms with Crippen LogP contribution in [0, 0.1) is 6.92 Å². The Balaban J connectivity index is 2.28. The van der Waals surface area contributed by atoms with E-state index >= 15 is 0 Å². The molecule has 2 rings (SSSR count). The molecule has 2 aromatic rings. The van der Waals surface area contributed by atoms with Crippen LogP contribution < -0.4 is 14.8 Å². The Labute approximate surface area is 123 Å². The lowest BCUT2D eigenvalue weighted by atomic mass is 10.1. The van der Waals surface area contributed by atoms with E-state index in [4.69, 9.17) is 9.47 Å². The molecule has 5 nitrogen and oxygen atoms in total. The van der Waals surface area contributed by atoms with Crippen LogP contribution >= 0.6 is 0 Å². The summed E-state index contributed by atoms with van der Waals surface area (Å²) >= 11 is 0.